The minimum atomic E-state index is 0. The molecule has 1 aliphatic heterocycles. The van der Waals surface area contributed by atoms with Crippen LogP contribution in [-0.4, -0.2) is 28.8 Å². The van der Waals surface area contributed by atoms with Gasteiger partial charge in [0.15, 0.2) is 0 Å². The molecule has 0 aromatic carbocycles. The van der Waals surface area contributed by atoms with E-state index in [1.165, 1.54) is 44.9 Å². The lowest BCUT2D eigenvalue weighted by Gasteiger charge is -2.27. The predicted octanol–water partition coefficient (Wildman–Crippen LogP) is 3.85. The zero-order valence-electron chi connectivity index (χ0n) is 15.6. The summed E-state index contributed by atoms with van der Waals surface area (Å²) in [5.74, 6) is 2.57. The molecule has 25 heavy (non-hydrogen) atoms. The third-order valence-corrected chi connectivity index (χ3v) is 5.84. The molecule has 1 saturated carbocycles. The summed E-state index contributed by atoms with van der Waals surface area (Å²) in [5.41, 5.74) is 1.15. The Morgan fingerprint density at radius 2 is 2.08 bits per heavy atom. The highest BCUT2D eigenvalue weighted by Crippen LogP contribution is 2.33. The first-order valence-electron chi connectivity index (χ1n) is 9.68. The molecular weight excluding hydrogens is 336 g/mol. The Morgan fingerprint density at radius 1 is 1.32 bits per heavy atom. The summed E-state index contributed by atoms with van der Waals surface area (Å²) in [4.78, 5) is 12.4. The number of anilines is 1. The van der Waals surface area contributed by atoms with Crippen molar-refractivity contribution in [2.45, 2.75) is 64.2 Å². The molecule has 2 fully saturated rings. The summed E-state index contributed by atoms with van der Waals surface area (Å²) < 4.78 is 1.83. The highest BCUT2D eigenvalue weighted by atomic mass is 35.5. The van der Waals surface area contributed by atoms with Gasteiger partial charge in [-0.3, -0.25) is 9.48 Å². The molecule has 0 spiro atoms. The van der Waals surface area contributed by atoms with Gasteiger partial charge in [0.05, 0.1) is 5.69 Å². The van der Waals surface area contributed by atoms with Gasteiger partial charge in [0.1, 0.15) is 5.82 Å². The zero-order chi connectivity index (χ0) is 16.9. The Morgan fingerprint density at radius 3 is 2.76 bits per heavy atom. The number of nitrogens with zero attached hydrogens (tertiary/aromatic N) is 2. The lowest BCUT2D eigenvalue weighted by molar-refractivity contribution is -0.117. The fourth-order valence-electron chi connectivity index (χ4n) is 4.22. The molecule has 142 valence electrons. The minimum Gasteiger partial charge on any atom is -0.316 e. The summed E-state index contributed by atoms with van der Waals surface area (Å²) in [6.07, 6.45) is 9.47. The van der Waals surface area contributed by atoms with Crippen molar-refractivity contribution in [2.75, 3.05) is 18.4 Å². The van der Waals surface area contributed by atoms with Crippen LogP contribution in [0.2, 0.25) is 0 Å². The molecule has 6 heteroatoms. The molecule has 5 nitrogen and oxygen atoms in total. The van der Waals surface area contributed by atoms with Gasteiger partial charge in [0, 0.05) is 25.5 Å². The highest BCUT2D eigenvalue weighted by Gasteiger charge is 2.23. The number of amides is 1. The van der Waals surface area contributed by atoms with E-state index in [4.69, 9.17) is 0 Å². The SMILES string of the molecule is CC(CC(=O)Nc1cc(C2CCCCC2)nn1C)C1CCCNC1.Cl. The van der Waals surface area contributed by atoms with Gasteiger partial charge in [-0.2, -0.15) is 5.10 Å². The topological polar surface area (TPSA) is 59.0 Å². The Bertz CT molecular complexity index is 548. The van der Waals surface area contributed by atoms with E-state index in [1.807, 2.05) is 11.7 Å². The third-order valence-electron chi connectivity index (χ3n) is 5.84. The van der Waals surface area contributed by atoms with E-state index in [0.29, 0.717) is 24.2 Å². The Balaban J connectivity index is 0.00000225. The molecule has 2 N–H and O–H groups in total. The number of carbonyl (C=O) groups excluding carboxylic acids is 1. The van der Waals surface area contributed by atoms with Crippen LogP contribution in [0.5, 0.6) is 0 Å². The van der Waals surface area contributed by atoms with E-state index in [0.717, 1.165) is 24.6 Å². The quantitative estimate of drug-likeness (QED) is 0.829. The predicted molar refractivity (Wildman–Crippen MR) is 104 cm³/mol. The van der Waals surface area contributed by atoms with Gasteiger partial charge in [0.25, 0.3) is 0 Å². The lowest BCUT2D eigenvalue weighted by atomic mass is 9.85. The summed E-state index contributed by atoms with van der Waals surface area (Å²) in [7, 11) is 1.93. The Kier molecular flexibility index (Phi) is 7.76. The van der Waals surface area contributed by atoms with Crippen molar-refractivity contribution in [3.8, 4) is 0 Å². The van der Waals surface area contributed by atoms with Gasteiger partial charge in [-0.1, -0.05) is 26.2 Å². The molecule has 0 radical (unpaired) electrons. The van der Waals surface area contributed by atoms with Crippen LogP contribution in [0.25, 0.3) is 0 Å². The second-order valence-corrected chi connectivity index (χ2v) is 7.75. The number of nitrogens with one attached hydrogen (secondary N) is 2. The lowest BCUT2D eigenvalue weighted by Crippen LogP contribution is -2.34. The molecule has 0 bridgehead atoms. The van der Waals surface area contributed by atoms with Crippen molar-refractivity contribution in [3.63, 3.8) is 0 Å². The summed E-state index contributed by atoms with van der Waals surface area (Å²) in [6.45, 7) is 4.37. The average molecular weight is 369 g/mol. The van der Waals surface area contributed by atoms with E-state index >= 15 is 0 Å². The largest absolute Gasteiger partial charge is 0.316 e. The molecule has 1 aromatic heterocycles. The number of aryl methyl sites for hydroxylation is 1. The van der Waals surface area contributed by atoms with Gasteiger partial charge in [-0.15, -0.1) is 12.4 Å². The van der Waals surface area contributed by atoms with Crippen LogP contribution in [0.3, 0.4) is 0 Å². The smallest absolute Gasteiger partial charge is 0.225 e. The first-order chi connectivity index (χ1) is 11.6. The molecule has 2 heterocycles. The van der Waals surface area contributed by atoms with Crippen molar-refractivity contribution in [1.29, 1.82) is 0 Å². The minimum absolute atomic E-state index is 0. The zero-order valence-corrected chi connectivity index (χ0v) is 16.4. The van der Waals surface area contributed by atoms with Crippen molar-refractivity contribution in [3.05, 3.63) is 11.8 Å². The summed E-state index contributed by atoms with van der Waals surface area (Å²) in [5, 5.41) is 11.2. The number of piperidine rings is 1. The van der Waals surface area contributed by atoms with Crippen molar-refractivity contribution in [1.82, 2.24) is 15.1 Å². The first-order valence-corrected chi connectivity index (χ1v) is 9.68. The molecule has 1 saturated heterocycles. The van der Waals surface area contributed by atoms with E-state index in [2.05, 4.69) is 28.7 Å². The normalized spacial score (nSPS) is 22.9. The summed E-state index contributed by atoms with van der Waals surface area (Å²) in [6, 6.07) is 2.08. The molecular formula is C19H33ClN4O. The van der Waals surface area contributed by atoms with E-state index in [9.17, 15) is 4.79 Å². The van der Waals surface area contributed by atoms with E-state index in [-0.39, 0.29) is 18.3 Å². The van der Waals surface area contributed by atoms with Crippen LogP contribution in [-0.2, 0) is 11.8 Å². The van der Waals surface area contributed by atoms with Crippen molar-refractivity contribution in [2.24, 2.45) is 18.9 Å². The van der Waals surface area contributed by atoms with Crippen LogP contribution in [0.4, 0.5) is 5.82 Å². The van der Waals surface area contributed by atoms with Crippen LogP contribution in [0.1, 0.15) is 69.9 Å². The summed E-state index contributed by atoms with van der Waals surface area (Å²) >= 11 is 0. The molecule has 1 amide bonds. The molecule has 2 atom stereocenters. The van der Waals surface area contributed by atoms with Crippen LogP contribution in [0.15, 0.2) is 6.07 Å². The number of hydrogen-bond acceptors (Lipinski definition) is 3. The van der Waals surface area contributed by atoms with E-state index < -0.39 is 0 Å². The first kappa shape index (κ1) is 20.2. The van der Waals surface area contributed by atoms with E-state index in [1.54, 1.807) is 0 Å². The fraction of sp³-hybridized carbons (Fsp3) is 0.789. The maximum Gasteiger partial charge on any atom is 0.225 e. The number of halogens is 1. The van der Waals surface area contributed by atoms with Gasteiger partial charge >= 0.3 is 0 Å². The second kappa shape index (κ2) is 9.58. The molecule has 2 unspecified atom stereocenters. The molecule has 1 aromatic rings. The second-order valence-electron chi connectivity index (χ2n) is 7.75. The van der Waals surface area contributed by atoms with Crippen LogP contribution in [0, 0.1) is 11.8 Å². The Hall–Kier alpha value is -1.07. The van der Waals surface area contributed by atoms with Gasteiger partial charge in [0.2, 0.25) is 5.91 Å². The van der Waals surface area contributed by atoms with Crippen molar-refractivity contribution < 1.29 is 4.79 Å². The third kappa shape index (κ3) is 5.45. The van der Waals surface area contributed by atoms with Gasteiger partial charge in [-0.25, -0.2) is 0 Å². The van der Waals surface area contributed by atoms with Gasteiger partial charge in [-0.05, 0) is 50.6 Å². The standard InChI is InChI=1S/C19H32N4O.ClH/c1-14(16-9-6-10-20-13-16)11-19(24)21-18-12-17(22-23(18)2)15-7-4-3-5-8-15;/h12,14-16,20H,3-11,13H2,1-2H3,(H,21,24);1H. The number of hydrogen-bond donors (Lipinski definition) is 2. The molecule has 1 aliphatic carbocycles. The highest BCUT2D eigenvalue weighted by molar-refractivity contribution is 5.90. The fourth-order valence-corrected chi connectivity index (χ4v) is 4.22. The van der Waals surface area contributed by atoms with Crippen LogP contribution >= 0.6 is 12.4 Å². The monoisotopic (exact) mass is 368 g/mol. The average Bonchev–Trinajstić information content (AvgIpc) is 2.97. The number of aromatic nitrogens is 2. The number of carbonyl (C=O) groups is 1. The van der Waals surface area contributed by atoms with Crippen molar-refractivity contribution >= 4 is 24.1 Å². The maximum atomic E-state index is 12.4. The van der Waals surface area contributed by atoms with Crippen LogP contribution < -0.4 is 10.6 Å². The molecule has 3 rings (SSSR count). The maximum absolute atomic E-state index is 12.4. The number of rotatable bonds is 5. The Labute approximate surface area is 157 Å². The van der Waals surface area contributed by atoms with Gasteiger partial charge < -0.3 is 10.6 Å². The molecule has 2 aliphatic rings.